The van der Waals surface area contributed by atoms with Crippen molar-refractivity contribution in [2.45, 2.75) is 31.8 Å². The molecule has 168 valence electrons. The molecule has 0 amide bonds. The summed E-state index contributed by atoms with van der Waals surface area (Å²) in [7, 11) is 0. The number of nitrogens with zero attached hydrogens (tertiary/aromatic N) is 4. The number of rotatable bonds is 5. The normalized spacial score (nSPS) is 14.0. The Morgan fingerprint density at radius 2 is 1.59 bits per heavy atom. The Bertz CT molecular complexity index is 1220. The van der Waals surface area contributed by atoms with Gasteiger partial charge in [-0.15, -0.1) is 24.8 Å². The molecule has 0 saturated carbocycles. The first-order chi connectivity index (χ1) is 14.8. The third-order valence-corrected chi connectivity index (χ3v) is 5.81. The van der Waals surface area contributed by atoms with Gasteiger partial charge in [-0.2, -0.15) is 5.10 Å². The first-order valence-electron chi connectivity index (χ1n) is 10.5. The van der Waals surface area contributed by atoms with Crippen molar-refractivity contribution in [3.63, 3.8) is 0 Å². The first-order valence-corrected chi connectivity index (χ1v) is 10.5. The maximum Gasteiger partial charge on any atom is 0.346 e. The summed E-state index contributed by atoms with van der Waals surface area (Å²) in [6.07, 6.45) is 2.00. The maximum atomic E-state index is 13.3. The number of fused-ring (bicyclic) bond motifs is 1. The standard InChI is InChI=1S/C24H25N5O.2ClH/c30-24-28(16-18-6-2-1-3-7-18)23(20-12-14-25-15-13-20)27-29(24)17-21-11-10-19-8-4-5-9-22(19)26-21;;/h1-11,20,25H,12-17H2;2*1H. The van der Waals surface area contributed by atoms with Crippen LogP contribution in [0.3, 0.4) is 0 Å². The predicted octanol–water partition coefficient (Wildman–Crippen LogP) is 4.00. The van der Waals surface area contributed by atoms with Crippen molar-refractivity contribution in [3.8, 4) is 0 Å². The highest BCUT2D eigenvalue weighted by Crippen LogP contribution is 2.23. The van der Waals surface area contributed by atoms with Gasteiger partial charge in [-0.1, -0.05) is 54.6 Å². The molecular weight excluding hydrogens is 445 g/mol. The molecule has 1 aliphatic rings. The van der Waals surface area contributed by atoms with E-state index in [-0.39, 0.29) is 30.5 Å². The number of hydrogen-bond donors (Lipinski definition) is 1. The van der Waals surface area contributed by atoms with Gasteiger partial charge in [0.25, 0.3) is 0 Å². The van der Waals surface area contributed by atoms with Crippen molar-refractivity contribution in [2.24, 2.45) is 0 Å². The fourth-order valence-corrected chi connectivity index (χ4v) is 4.21. The van der Waals surface area contributed by atoms with E-state index in [2.05, 4.69) is 23.5 Å². The first kappa shape index (κ1) is 24.0. The third-order valence-electron chi connectivity index (χ3n) is 5.81. The van der Waals surface area contributed by atoms with Gasteiger partial charge in [0.15, 0.2) is 0 Å². The highest BCUT2D eigenvalue weighted by atomic mass is 35.5. The number of aromatic nitrogens is 4. The molecule has 1 N–H and O–H groups in total. The van der Waals surface area contributed by atoms with E-state index in [0.29, 0.717) is 19.0 Å². The molecule has 0 unspecified atom stereocenters. The molecule has 2 aromatic heterocycles. The molecule has 0 atom stereocenters. The van der Waals surface area contributed by atoms with Gasteiger partial charge in [0.2, 0.25) is 0 Å². The minimum atomic E-state index is -0.0673. The lowest BCUT2D eigenvalue weighted by molar-refractivity contribution is 0.430. The lowest BCUT2D eigenvalue weighted by Crippen LogP contribution is -2.30. The van der Waals surface area contributed by atoms with Crippen LogP contribution >= 0.6 is 24.8 Å². The van der Waals surface area contributed by atoms with E-state index in [9.17, 15) is 4.79 Å². The second kappa shape index (κ2) is 10.8. The van der Waals surface area contributed by atoms with Crippen LogP contribution in [0.2, 0.25) is 0 Å². The quantitative estimate of drug-likeness (QED) is 0.477. The molecule has 1 saturated heterocycles. The van der Waals surface area contributed by atoms with E-state index in [1.165, 1.54) is 0 Å². The summed E-state index contributed by atoms with van der Waals surface area (Å²) >= 11 is 0. The molecule has 0 bridgehead atoms. The van der Waals surface area contributed by atoms with Crippen molar-refractivity contribution >= 4 is 35.7 Å². The van der Waals surface area contributed by atoms with Crippen LogP contribution in [0.1, 0.15) is 35.8 Å². The lowest BCUT2D eigenvalue weighted by atomic mass is 9.97. The van der Waals surface area contributed by atoms with Crippen LogP contribution in [-0.2, 0) is 13.1 Å². The van der Waals surface area contributed by atoms with Crippen molar-refractivity contribution in [1.82, 2.24) is 24.6 Å². The van der Waals surface area contributed by atoms with E-state index < -0.39 is 0 Å². The van der Waals surface area contributed by atoms with Crippen molar-refractivity contribution in [3.05, 3.63) is 94.3 Å². The van der Waals surface area contributed by atoms with Gasteiger partial charge in [0, 0.05) is 11.3 Å². The highest BCUT2D eigenvalue weighted by molar-refractivity contribution is 5.85. The van der Waals surface area contributed by atoms with Gasteiger partial charge in [-0.05, 0) is 43.6 Å². The Kier molecular flexibility index (Phi) is 8.07. The van der Waals surface area contributed by atoms with Gasteiger partial charge in [0.05, 0.1) is 24.3 Å². The molecule has 8 heteroatoms. The van der Waals surface area contributed by atoms with E-state index in [1.54, 1.807) is 4.68 Å². The molecule has 0 spiro atoms. The number of pyridine rings is 1. The lowest BCUT2D eigenvalue weighted by Gasteiger charge is -2.22. The fraction of sp³-hybridized carbons (Fsp3) is 0.292. The largest absolute Gasteiger partial charge is 0.346 e. The summed E-state index contributed by atoms with van der Waals surface area (Å²) in [5, 5.41) is 9.30. The molecule has 1 fully saturated rings. The monoisotopic (exact) mass is 471 g/mol. The van der Waals surface area contributed by atoms with E-state index in [0.717, 1.165) is 53.9 Å². The second-order valence-corrected chi connectivity index (χ2v) is 7.89. The Hall–Kier alpha value is -2.67. The van der Waals surface area contributed by atoms with Crippen LogP contribution in [0.5, 0.6) is 0 Å². The summed E-state index contributed by atoms with van der Waals surface area (Å²) in [5.41, 5.74) is 2.82. The summed E-state index contributed by atoms with van der Waals surface area (Å²) in [6.45, 7) is 2.85. The number of benzene rings is 2. The molecule has 2 aromatic carbocycles. The number of para-hydroxylation sites is 1. The SMILES string of the molecule is Cl.Cl.O=c1n(Cc2ccc3ccccc3n2)nc(C2CCNCC2)n1Cc1ccccc1. The highest BCUT2D eigenvalue weighted by Gasteiger charge is 2.24. The Morgan fingerprint density at radius 3 is 2.38 bits per heavy atom. The number of halogens is 2. The zero-order chi connectivity index (χ0) is 20.3. The minimum Gasteiger partial charge on any atom is -0.317 e. The van der Waals surface area contributed by atoms with Gasteiger partial charge < -0.3 is 5.32 Å². The summed E-state index contributed by atoms with van der Waals surface area (Å²) in [5.74, 6) is 1.19. The Morgan fingerprint density at radius 1 is 0.875 bits per heavy atom. The van der Waals surface area contributed by atoms with Crippen LogP contribution in [-0.4, -0.2) is 32.4 Å². The van der Waals surface area contributed by atoms with Crippen molar-refractivity contribution in [2.75, 3.05) is 13.1 Å². The van der Waals surface area contributed by atoms with Crippen LogP contribution in [0.15, 0.2) is 71.5 Å². The van der Waals surface area contributed by atoms with E-state index >= 15 is 0 Å². The average Bonchev–Trinajstić information content (AvgIpc) is 3.10. The number of piperidine rings is 1. The number of hydrogen-bond acceptors (Lipinski definition) is 4. The Balaban J connectivity index is 0.00000144. The minimum absolute atomic E-state index is 0. The molecule has 3 heterocycles. The molecule has 4 aromatic rings. The zero-order valence-corrected chi connectivity index (χ0v) is 19.3. The van der Waals surface area contributed by atoms with Crippen LogP contribution in [0.4, 0.5) is 0 Å². The van der Waals surface area contributed by atoms with Gasteiger partial charge in [0.1, 0.15) is 5.82 Å². The fourth-order valence-electron chi connectivity index (χ4n) is 4.21. The van der Waals surface area contributed by atoms with Crippen molar-refractivity contribution in [1.29, 1.82) is 0 Å². The topological polar surface area (TPSA) is 64.7 Å². The molecule has 1 aliphatic heterocycles. The smallest absolute Gasteiger partial charge is 0.317 e. The number of nitrogens with one attached hydrogen (secondary N) is 1. The predicted molar refractivity (Wildman–Crippen MR) is 132 cm³/mol. The van der Waals surface area contributed by atoms with Gasteiger partial charge in [-0.3, -0.25) is 9.55 Å². The molecule has 0 aliphatic carbocycles. The summed E-state index contributed by atoms with van der Waals surface area (Å²) in [4.78, 5) is 18.1. The second-order valence-electron chi connectivity index (χ2n) is 7.89. The zero-order valence-electron chi connectivity index (χ0n) is 17.7. The summed E-state index contributed by atoms with van der Waals surface area (Å²) in [6, 6.07) is 22.2. The van der Waals surface area contributed by atoms with Crippen LogP contribution < -0.4 is 11.0 Å². The van der Waals surface area contributed by atoms with E-state index in [4.69, 9.17) is 10.1 Å². The van der Waals surface area contributed by atoms with Crippen LogP contribution in [0.25, 0.3) is 10.9 Å². The Labute approximate surface area is 199 Å². The van der Waals surface area contributed by atoms with Gasteiger partial charge in [-0.25, -0.2) is 9.48 Å². The maximum absolute atomic E-state index is 13.3. The molecule has 32 heavy (non-hydrogen) atoms. The summed E-state index contributed by atoms with van der Waals surface area (Å²) < 4.78 is 3.43. The molecular formula is C24H27Cl2N5O. The molecule has 0 radical (unpaired) electrons. The molecule has 6 nitrogen and oxygen atoms in total. The average molecular weight is 472 g/mol. The van der Waals surface area contributed by atoms with Crippen molar-refractivity contribution < 1.29 is 0 Å². The third kappa shape index (κ3) is 5.04. The van der Waals surface area contributed by atoms with Crippen LogP contribution in [0, 0.1) is 0 Å². The van der Waals surface area contributed by atoms with Gasteiger partial charge >= 0.3 is 5.69 Å². The van der Waals surface area contributed by atoms with E-state index in [1.807, 2.05) is 53.1 Å². The molecule has 5 rings (SSSR count).